The van der Waals surface area contributed by atoms with Crippen molar-refractivity contribution in [2.24, 2.45) is 0 Å². The molecule has 0 heterocycles. The van der Waals surface area contributed by atoms with Crippen LogP contribution in [0.25, 0.3) is 0 Å². The minimum Gasteiger partial charge on any atom is -0.481 e. The van der Waals surface area contributed by atoms with E-state index < -0.39 is 5.97 Å². The summed E-state index contributed by atoms with van der Waals surface area (Å²) in [5, 5.41) is 11.0. The molecule has 0 radical (unpaired) electrons. The van der Waals surface area contributed by atoms with E-state index in [-0.39, 0.29) is 0 Å². The van der Waals surface area contributed by atoms with Gasteiger partial charge in [-0.15, -0.1) is 0 Å². The summed E-state index contributed by atoms with van der Waals surface area (Å²) in [4.78, 5) is 9.00. The Hall–Kier alpha value is -0.570. The Kier molecular flexibility index (Phi) is 25.4. The zero-order valence-corrected chi connectivity index (χ0v) is 16.2. The summed E-state index contributed by atoms with van der Waals surface area (Å²) in [5.74, 6) is -0.833. The summed E-state index contributed by atoms with van der Waals surface area (Å²) in [6.07, 6.45) is 19.9. The van der Waals surface area contributed by atoms with Crippen LogP contribution in [-0.2, 0) is 4.79 Å². The van der Waals surface area contributed by atoms with E-state index in [2.05, 4.69) is 19.2 Å². The average Bonchev–Trinajstić information content (AvgIpc) is 2.50. The Morgan fingerprint density at radius 1 is 0.652 bits per heavy atom. The smallest absolute Gasteiger partial charge is 0.300 e. The molecule has 0 bridgehead atoms. The van der Waals surface area contributed by atoms with Crippen LogP contribution in [0.4, 0.5) is 0 Å². The SMILES string of the molecule is CC(=O)O.CCCCCCCCCNCCCCCCCCC. The number of rotatable bonds is 16. The van der Waals surface area contributed by atoms with Crippen molar-refractivity contribution in [1.82, 2.24) is 5.32 Å². The van der Waals surface area contributed by atoms with Crippen LogP contribution in [0.5, 0.6) is 0 Å². The molecule has 0 saturated carbocycles. The quantitative estimate of drug-likeness (QED) is 0.333. The molecule has 0 atom stereocenters. The molecule has 0 aliphatic heterocycles. The van der Waals surface area contributed by atoms with Crippen molar-refractivity contribution in [2.75, 3.05) is 13.1 Å². The van der Waals surface area contributed by atoms with Crippen molar-refractivity contribution in [3.8, 4) is 0 Å². The van der Waals surface area contributed by atoms with Crippen LogP contribution in [-0.4, -0.2) is 24.2 Å². The van der Waals surface area contributed by atoms with Crippen molar-refractivity contribution in [3.63, 3.8) is 0 Å². The predicted octanol–water partition coefficient (Wildman–Crippen LogP) is 6.17. The Bertz CT molecular complexity index is 200. The first-order valence-electron chi connectivity index (χ1n) is 10.0. The molecule has 0 unspecified atom stereocenters. The maximum Gasteiger partial charge on any atom is 0.300 e. The lowest BCUT2D eigenvalue weighted by molar-refractivity contribution is -0.134. The van der Waals surface area contributed by atoms with Crippen molar-refractivity contribution in [2.45, 2.75) is 111 Å². The summed E-state index contributed by atoms with van der Waals surface area (Å²) < 4.78 is 0. The van der Waals surface area contributed by atoms with Crippen molar-refractivity contribution in [1.29, 1.82) is 0 Å². The highest BCUT2D eigenvalue weighted by Gasteiger charge is 1.93. The lowest BCUT2D eigenvalue weighted by atomic mass is 10.1. The monoisotopic (exact) mass is 329 g/mol. The second-order valence-corrected chi connectivity index (χ2v) is 6.51. The van der Waals surface area contributed by atoms with E-state index in [1.807, 2.05) is 0 Å². The number of nitrogens with one attached hydrogen (secondary N) is 1. The van der Waals surface area contributed by atoms with Gasteiger partial charge in [-0.1, -0.05) is 90.9 Å². The van der Waals surface area contributed by atoms with Crippen LogP contribution >= 0.6 is 0 Å². The third kappa shape index (κ3) is 34.0. The molecular formula is C20H43NO2. The zero-order valence-electron chi connectivity index (χ0n) is 16.2. The van der Waals surface area contributed by atoms with E-state index in [0.29, 0.717) is 0 Å². The fourth-order valence-corrected chi connectivity index (χ4v) is 2.54. The minimum absolute atomic E-state index is 0.833. The fourth-order valence-electron chi connectivity index (χ4n) is 2.54. The first kappa shape index (κ1) is 24.7. The largest absolute Gasteiger partial charge is 0.481 e. The topological polar surface area (TPSA) is 49.3 Å². The molecule has 3 heteroatoms. The van der Waals surface area contributed by atoms with Crippen LogP contribution in [0.15, 0.2) is 0 Å². The van der Waals surface area contributed by atoms with Gasteiger partial charge in [0.15, 0.2) is 0 Å². The highest BCUT2D eigenvalue weighted by molar-refractivity contribution is 5.62. The molecule has 0 aliphatic carbocycles. The first-order chi connectivity index (χ1) is 11.1. The third-order valence-electron chi connectivity index (χ3n) is 3.91. The van der Waals surface area contributed by atoms with Gasteiger partial charge in [0.05, 0.1) is 0 Å². The fraction of sp³-hybridized carbons (Fsp3) is 0.950. The average molecular weight is 330 g/mol. The summed E-state index contributed by atoms with van der Waals surface area (Å²) >= 11 is 0. The van der Waals surface area contributed by atoms with Crippen LogP contribution < -0.4 is 5.32 Å². The minimum atomic E-state index is -0.833. The number of unbranched alkanes of at least 4 members (excludes halogenated alkanes) is 12. The summed E-state index contributed by atoms with van der Waals surface area (Å²) in [6, 6.07) is 0. The molecule has 0 aromatic heterocycles. The van der Waals surface area contributed by atoms with Gasteiger partial charge in [-0.05, 0) is 25.9 Å². The molecule has 0 aliphatic rings. The van der Waals surface area contributed by atoms with Crippen LogP contribution in [0.2, 0.25) is 0 Å². The second kappa shape index (κ2) is 23.7. The molecule has 0 rings (SSSR count). The first-order valence-corrected chi connectivity index (χ1v) is 10.0. The van der Waals surface area contributed by atoms with Gasteiger partial charge in [0, 0.05) is 6.92 Å². The normalized spacial score (nSPS) is 10.2. The van der Waals surface area contributed by atoms with E-state index >= 15 is 0 Å². The number of hydrogen-bond donors (Lipinski definition) is 2. The lowest BCUT2D eigenvalue weighted by Crippen LogP contribution is -2.16. The van der Waals surface area contributed by atoms with E-state index in [4.69, 9.17) is 9.90 Å². The van der Waals surface area contributed by atoms with E-state index in [9.17, 15) is 0 Å². The molecule has 23 heavy (non-hydrogen) atoms. The molecule has 0 aromatic carbocycles. The van der Waals surface area contributed by atoms with Crippen molar-refractivity contribution >= 4 is 5.97 Å². The maximum absolute atomic E-state index is 9.00. The van der Waals surface area contributed by atoms with Gasteiger partial charge in [0.2, 0.25) is 0 Å². The lowest BCUT2D eigenvalue weighted by Gasteiger charge is -2.05. The highest BCUT2D eigenvalue weighted by atomic mass is 16.4. The number of carboxylic acids is 1. The van der Waals surface area contributed by atoms with Crippen LogP contribution in [0.1, 0.15) is 111 Å². The Balaban J connectivity index is 0. The van der Waals surface area contributed by atoms with Gasteiger partial charge in [-0.3, -0.25) is 4.79 Å². The summed E-state index contributed by atoms with van der Waals surface area (Å²) in [6.45, 7) is 8.13. The maximum atomic E-state index is 9.00. The van der Waals surface area contributed by atoms with Gasteiger partial charge in [-0.2, -0.15) is 0 Å². The van der Waals surface area contributed by atoms with E-state index in [1.54, 1.807) is 0 Å². The molecule has 0 saturated heterocycles. The van der Waals surface area contributed by atoms with Gasteiger partial charge in [0.25, 0.3) is 5.97 Å². The Morgan fingerprint density at radius 2 is 0.913 bits per heavy atom. The Labute approximate surface area is 145 Å². The van der Waals surface area contributed by atoms with Gasteiger partial charge in [-0.25, -0.2) is 0 Å². The molecule has 2 N–H and O–H groups in total. The number of aliphatic carboxylic acids is 1. The van der Waals surface area contributed by atoms with Crippen LogP contribution in [0.3, 0.4) is 0 Å². The summed E-state index contributed by atoms with van der Waals surface area (Å²) in [7, 11) is 0. The molecule has 0 aromatic rings. The molecule has 3 nitrogen and oxygen atoms in total. The van der Waals surface area contributed by atoms with Gasteiger partial charge >= 0.3 is 0 Å². The molecule has 0 spiro atoms. The summed E-state index contributed by atoms with van der Waals surface area (Å²) in [5.41, 5.74) is 0. The molecule has 0 amide bonds. The standard InChI is InChI=1S/C18H39N.C2H4O2/c1-3-5-7-9-11-13-15-17-19-18-16-14-12-10-8-6-4-2;1-2(3)4/h19H,3-18H2,1-2H3;1H3,(H,3,4). The second-order valence-electron chi connectivity index (χ2n) is 6.51. The van der Waals surface area contributed by atoms with E-state index in [0.717, 1.165) is 6.92 Å². The Morgan fingerprint density at radius 3 is 1.22 bits per heavy atom. The zero-order chi connectivity index (χ0) is 17.6. The predicted molar refractivity (Wildman–Crippen MR) is 102 cm³/mol. The molecule has 140 valence electrons. The number of carbonyl (C=O) groups is 1. The van der Waals surface area contributed by atoms with Gasteiger partial charge < -0.3 is 10.4 Å². The van der Waals surface area contributed by atoms with E-state index in [1.165, 1.54) is 103 Å². The van der Waals surface area contributed by atoms with Crippen molar-refractivity contribution < 1.29 is 9.90 Å². The molecule has 0 fully saturated rings. The van der Waals surface area contributed by atoms with Gasteiger partial charge in [0.1, 0.15) is 0 Å². The molecular weight excluding hydrogens is 286 g/mol. The number of hydrogen-bond acceptors (Lipinski definition) is 2. The number of carboxylic acid groups (broad SMARTS) is 1. The van der Waals surface area contributed by atoms with Crippen LogP contribution in [0, 0.1) is 0 Å². The third-order valence-corrected chi connectivity index (χ3v) is 3.91. The van der Waals surface area contributed by atoms with Crippen molar-refractivity contribution in [3.05, 3.63) is 0 Å². The highest BCUT2D eigenvalue weighted by Crippen LogP contribution is 2.07.